The smallest absolute Gasteiger partial charge is 0.251 e. The van der Waals surface area contributed by atoms with Gasteiger partial charge in [-0.25, -0.2) is 0 Å². The first kappa shape index (κ1) is 19.4. The van der Waals surface area contributed by atoms with Gasteiger partial charge in [-0.15, -0.1) is 0 Å². The second-order valence-corrected chi connectivity index (χ2v) is 9.05. The highest BCUT2D eigenvalue weighted by Gasteiger charge is 2.48. The van der Waals surface area contributed by atoms with Crippen LogP contribution in [0.2, 0.25) is 0 Å². The molecule has 2 saturated carbocycles. The average Bonchev–Trinajstić information content (AvgIpc) is 3.13. The van der Waals surface area contributed by atoms with Crippen LogP contribution < -0.4 is 11.1 Å². The number of nitrogens with zero attached hydrogens (tertiary/aromatic N) is 1. The maximum Gasteiger partial charge on any atom is 0.251 e. The minimum Gasteiger partial charge on any atom is -0.367 e. The van der Waals surface area contributed by atoms with E-state index in [1.807, 2.05) is 12.1 Å². The molecule has 2 amide bonds. The molecule has 3 fully saturated rings. The van der Waals surface area contributed by atoms with Crippen molar-refractivity contribution >= 4 is 11.8 Å². The third-order valence-corrected chi connectivity index (χ3v) is 6.49. The van der Waals surface area contributed by atoms with Crippen LogP contribution in [-0.4, -0.2) is 55.1 Å². The Balaban J connectivity index is 1.34. The van der Waals surface area contributed by atoms with Crippen LogP contribution in [0.25, 0.3) is 0 Å². The zero-order valence-electron chi connectivity index (χ0n) is 16.7. The van der Waals surface area contributed by atoms with E-state index in [0.29, 0.717) is 18.4 Å². The minimum absolute atomic E-state index is 0.0395. The molecule has 4 rings (SSSR count). The lowest BCUT2D eigenvalue weighted by Crippen LogP contribution is -2.37. The van der Waals surface area contributed by atoms with E-state index in [1.165, 1.54) is 18.4 Å². The molecule has 3 atom stereocenters. The number of hydrogen-bond donors (Lipinski definition) is 2. The van der Waals surface area contributed by atoms with Gasteiger partial charge in [0.15, 0.2) is 0 Å². The quantitative estimate of drug-likeness (QED) is 0.783. The summed E-state index contributed by atoms with van der Waals surface area (Å²) in [5.74, 6) is -0.459. The van der Waals surface area contributed by atoms with Gasteiger partial charge < -0.3 is 20.7 Å². The molecule has 1 aromatic carbocycles. The summed E-state index contributed by atoms with van der Waals surface area (Å²) >= 11 is 0. The van der Waals surface area contributed by atoms with Crippen molar-refractivity contribution in [2.24, 2.45) is 5.73 Å². The van der Waals surface area contributed by atoms with Gasteiger partial charge in [-0.1, -0.05) is 12.1 Å². The van der Waals surface area contributed by atoms with Crippen LogP contribution >= 0.6 is 0 Å². The number of primary amides is 1. The molecule has 0 bridgehead atoms. The number of carbonyl (C=O) groups excluding carboxylic acids is 2. The number of nitrogens with one attached hydrogen (secondary N) is 1. The predicted octanol–water partition coefficient (Wildman–Crippen LogP) is 1.78. The summed E-state index contributed by atoms with van der Waals surface area (Å²) in [6.07, 6.45) is 6.94. The van der Waals surface area contributed by atoms with E-state index in [1.54, 1.807) is 0 Å². The SMILES string of the molecule is CN(C)CC1(c2ccc(C(=O)NC3[CH]CC4(CCC(C(N)=O)O4)C3)cc2)CC1. The van der Waals surface area contributed by atoms with Crippen LogP contribution in [0.15, 0.2) is 24.3 Å². The number of amides is 2. The Morgan fingerprint density at radius 1 is 1.21 bits per heavy atom. The average molecular weight is 385 g/mol. The van der Waals surface area contributed by atoms with E-state index in [9.17, 15) is 9.59 Å². The normalized spacial score (nSPS) is 30.7. The fraction of sp³-hybridized carbons (Fsp3) is 0.591. The van der Waals surface area contributed by atoms with E-state index in [2.05, 4.69) is 42.9 Å². The number of rotatable bonds is 6. The lowest BCUT2D eigenvalue weighted by Gasteiger charge is -2.24. The van der Waals surface area contributed by atoms with E-state index < -0.39 is 12.0 Å². The van der Waals surface area contributed by atoms with Crippen molar-refractivity contribution in [2.45, 2.75) is 61.7 Å². The highest BCUT2D eigenvalue weighted by atomic mass is 16.5. The summed E-state index contributed by atoms with van der Waals surface area (Å²) in [6, 6.07) is 8.02. The highest BCUT2D eigenvalue weighted by Crippen LogP contribution is 2.48. The zero-order valence-corrected chi connectivity index (χ0v) is 16.7. The van der Waals surface area contributed by atoms with Crippen LogP contribution in [0, 0.1) is 6.42 Å². The highest BCUT2D eigenvalue weighted by molar-refractivity contribution is 5.94. The van der Waals surface area contributed by atoms with Crippen LogP contribution in [0.5, 0.6) is 0 Å². The van der Waals surface area contributed by atoms with Gasteiger partial charge in [0.05, 0.1) is 5.60 Å². The van der Waals surface area contributed by atoms with Crippen molar-refractivity contribution in [3.05, 3.63) is 41.8 Å². The maximum absolute atomic E-state index is 12.7. The van der Waals surface area contributed by atoms with Crippen molar-refractivity contribution < 1.29 is 14.3 Å². The van der Waals surface area contributed by atoms with E-state index in [4.69, 9.17) is 10.5 Å². The lowest BCUT2D eigenvalue weighted by molar-refractivity contribution is -0.133. The first-order valence-corrected chi connectivity index (χ1v) is 10.2. The molecule has 3 unspecified atom stereocenters. The summed E-state index contributed by atoms with van der Waals surface area (Å²) in [5.41, 5.74) is 7.29. The Hall–Kier alpha value is -1.92. The van der Waals surface area contributed by atoms with Gasteiger partial charge in [0.1, 0.15) is 6.10 Å². The second kappa shape index (κ2) is 7.16. The molecule has 6 nitrogen and oxygen atoms in total. The Labute approximate surface area is 166 Å². The molecule has 1 radical (unpaired) electrons. The number of ether oxygens (including phenoxy) is 1. The molecule has 3 N–H and O–H groups in total. The molecule has 3 aliphatic rings. The monoisotopic (exact) mass is 384 g/mol. The standard InChI is InChI=1S/C22H30N3O3/c1-25(2)14-21(11-12-21)16-5-3-15(4-6-16)20(27)24-17-7-9-22(13-17)10-8-18(28-22)19(23)26/h3-7,17-18H,8-14H2,1-2H3,(H2,23,26)(H,24,27). The maximum atomic E-state index is 12.7. The third-order valence-electron chi connectivity index (χ3n) is 6.49. The van der Waals surface area contributed by atoms with Crippen LogP contribution in [-0.2, 0) is 14.9 Å². The third kappa shape index (κ3) is 3.80. The molecule has 0 aromatic heterocycles. The van der Waals surface area contributed by atoms with Gasteiger partial charge in [-0.2, -0.15) is 0 Å². The van der Waals surface area contributed by atoms with Gasteiger partial charge in [-0.3, -0.25) is 9.59 Å². The number of benzene rings is 1. The molecule has 1 aromatic rings. The number of likely N-dealkylation sites (N-methyl/N-ethyl adjacent to an activating group) is 1. The molecule has 1 saturated heterocycles. The minimum atomic E-state index is -0.493. The van der Waals surface area contributed by atoms with E-state index >= 15 is 0 Å². The Bertz CT molecular complexity index is 757. The summed E-state index contributed by atoms with van der Waals surface area (Å²) in [7, 11) is 4.21. The van der Waals surface area contributed by atoms with Crippen LogP contribution in [0.3, 0.4) is 0 Å². The molecule has 2 aliphatic carbocycles. The van der Waals surface area contributed by atoms with Crippen molar-refractivity contribution in [3.63, 3.8) is 0 Å². The van der Waals surface area contributed by atoms with Crippen LogP contribution in [0.4, 0.5) is 0 Å². The Kier molecular flexibility index (Phi) is 4.96. The van der Waals surface area contributed by atoms with Gasteiger partial charge in [0.2, 0.25) is 5.91 Å². The summed E-state index contributed by atoms with van der Waals surface area (Å²) < 4.78 is 5.92. The van der Waals surface area contributed by atoms with Crippen molar-refractivity contribution in [3.8, 4) is 0 Å². The van der Waals surface area contributed by atoms with Crippen molar-refractivity contribution in [1.29, 1.82) is 0 Å². The van der Waals surface area contributed by atoms with E-state index in [0.717, 1.165) is 19.4 Å². The molecule has 28 heavy (non-hydrogen) atoms. The van der Waals surface area contributed by atoms with Crippen molar-refractivity contribution in [1.82, 2.24) is 10.2 Å². The molecule has 1 heterocycles. The van der Waals surface area contributed by atoms with Gasteiger partial charge in [-0.05, 0) is 76.7 Å². The predicted molar refractivity (Wildman–Crippen MR) is 107 cm³/mol. The number of hydrogen-bond acceptors (Lipinski definition) is 4. The molecule has 1 spiro atoms. The van der Waals surface area contributed by atoms with E-state index in [-0.39, 0.29) is 23.0 Å². The zero-order chi connectivity index (χ0) is 19.9. The van der Waals surface area contributed by atoms with Gasteiger partial charge in [0.25, 0.3) is 5.91 Å². The first-order valence-electron chi connectivity index (χ1n) is 10.2. The molecular weight excluding hydrogens is 354 g/mol. The molecule has 6 heteroatoms. The summed E-state index contributed by atoms with van der Waals surface area (Å²) in [5, 5.41) is 3.10. The fourth-order valence-electron chi connectivity index (χ4n) is 4.87. The fourth-order valence-corrected chi connectivity index (χ4v) is 4.87. The topological polar surface area (TPSA) is 84.7 Å². The molecular formula is C22H30N3O3. The molecule has 1 aliphatic heterocycles. The van der Waals surface area contributed by atoms with Crippen LogP contribution in [0.1, 0.15) is 54.4 Å². The largest absolute Gasteiger partial charge is 0.367 e. The summed E-state index contributed by atoms with van der Waals surface area (Å²) in [4.78, 5) is 26.3. The number of nitrogens with two attached hydrogens (primary N) is 1. The molecule has 151 valence electrons. The lowest BCUT2D eigenvalue weighted by atomic mass is 9.94. The first-order chi connectivity index (χ1) is 13.3. The summed E-state index contributed by atoms with van der Waals surface area (Å²) in [6.45, 7) is 1.05. The van der Waals surface area contributed by atoms with Crippen molar-refractivity contribution in [2.75, 3.05) is 20.6 Å². The van der Waals surface area contributed by atoms with Gasteiger partial charge >= 0.3 is 0 Å². The Morgan fingerprint density at radius 2 is 1.93 bits per heavy atom. The Morgan fingerprint density at radius 3 is 2.50 bits per heavy atom. The second-order valence-electron chi connectivity index (χ2n) is 9.05. The number of carbonyl (C=O) groups is 2. The van der Waals surface area contributed by atoms with Gasteiger partial charge in [0, 0.05) is 23.6 Å².